The van der Waals surface area contributed by atoms with E-state index < -0.39 is 0 Å². The van der Waals surface area contributed by atoms with E-state index in [1.54, 1.807) is 6.92 Å². The minimum absolute atomic E-state index is 0.102. The lowest BCUT2D eigenvalue weighted by Gasteiger charge is -2.39. The van der Waals surface area contributed by atoms with Crippen LogP contribution in [0.25, 0.3) is 5.57 Å². The second-order valence-electron chi connectivity index (χ2n) is 9.84. The normalized spacial score (nSPS) is 18.6. The minimum atomic E-state index is -0.285. The standard InChI is InChI=1S/C28H29N3O2/c1-5-19-13-22-23(15-25(19)31-10-8-30(9-11-31)17(2)32)28(3,4)24-14-20-12-18(16-29)6-7-21(20)26(24)27(22)33/h6-7,12-13,15H,5,8-11,14H2,1-4H3. The lowest BCUT2D eigenvalue weighted by molar-refractivity contribution is -0.129. The lowest BCUT2D eigenvalue weighted by Crippen LogP contribution is -2.48. The fourth-order valence-electron chi connectivity index (χ4n) is 5.76. The summed E-state index contributed by atoms with van der Waals surface area (Å²) in [6.07, 6.45) is 1.55. The van der Waals surface area contributed by atoms with Crippen LogP contribution in [-0.4, -0.2) is 42.8 Å². The summed E-state index contributed by atoms with van der Waals surface area (Å²) in [6.45, 7) is 11.3. The molecule has 2 aromatic carbocycles. The Labute approximate surface area is 195 Å². The first kappa shape index (κ1) is 21.5. The molecule has 1 saturated heterocycles. The zero-order valence-corrected chi connectivity index (χ0v) is 19.8. The molecule has 0 unspecified atom stereocenters. The number of aryl methyl sites for hydroxylation is 1. The Bertz CT molecular complexity index is 1270. The van der Waals surface area contributed by atoms with Crippen LogP contribution in [0.2, 0.25) is 0 Å². The van der Waals surface area contributed by atoms with E-state index in [4.69, 9.17) is 0 Å². The van der Waals surface area contributed by atoms with E-state index in [0.717, 1.165) is 66.0 Å². The largest absolute Gasteiger partial charge is 0.368 e. The molecule has 168 valence electrons. The van der Waals surface area contributed by atoms with Crippen molar-refractivity contribution >= 4 is 23.0 Å². The number of carbonyl (C=O) groups excluding carboxylic acids is 2. The van der Waals surface area contributed by atoms with Gasteiger partial charge in [0.1, 0.15) is 0 Å². The molecular formula is C28H29N3O2. The number of amides is 1. The number of nitriles is 1. The molecule has 3 aliphatic rings. The van der Waals surface area contributed by atoms with E-state index in [9.17, 15) is 14.9 Å². The van der Waals surface area contributed by atoms with Crippen molar-refractivity contribution in [3.63, 3.8) is 0 Å². The van der Waals surface area contributed by atoms with E-state index in [2.05, 4.69) is 43.9 Å². The fraction of sp³-hybridized carbons (Fsp3) is 0.393. The summed E-state index contributed by atoms with van der Waals surface area (Å²) >= 11 is 0. The van der Waals surface area contributed by atoms with Crippen molar-refractivity contribution in [3.8, 4) is 6.07 Å². The molecule has 33 heavy (non-hydrogen) atoms. The number of benzene rings is 2. The number of allylic oxidation sites excluding steroid dienone is 2. The zero-order valence-electron chi connectivity index (χ0n) is 19.8. The second-order valence-corrected chi connectivity index (χ2v) is 9.84. The molecule has 5 rings (SSSR count). The Kier molecular flexibility index (Phi) is 4.93. The molecule has 2 aromatic rings. The number of hydrogen-bond donors (Lipinski definition) is 0. The van der Waals surface area contributed by atoms with Crippen LogP contribution in [0.15, 0.2) is 35.9 Å². The Morgan fingerprint density at radius 2 is 1.82 bits per heavy atom. The first-order chi connectivity index (χ1) is 15.8. The number of rotatable bonds is 2. The van der Waals surface area contributed by atoms with Crippen LogP contribution in [-0.2, 0) is 23.1 Å². The average molecular weight is 440 g/mol. The summed E-state index contributed by atoms with van der Waals surface area (Å²) in [4.78, 5) is 29.8. The van der Waals surface area contributed by atoms with Gasteiger partial charge >= 0.3 is 0 Å². The summed E-state index contributed by atoms with van der Waals surface area (Å²) in [5.74, 6) is 0.229. The molecule has 0 bridgehead atoms. The molecule has 2 aliphatic carbocycles. The summed E-state index contributed by atoms with van der Waals surface area (Å²) in [5.41, 5.74) is 8.64. The van der Waals surface area contributed by atoms with Crippen molar-refractivity contribution in [3.05, 3.63) is 69.3 Å². The minimum Gasteiger partial charge on any atom is -0.368 e. The summed E-state index contributed by atoms with van der Waals surface area (Å²) in [7, 11) is 0. The first-order valence-electron chi connectivity index (χ1n) is 11.8. The van der Waals surface area contributed by atoms with Crippen molar-refractivity contribution < 1.29 is 9.59 Å². The van der Waals surface area contributed by atoms with Crippen LogP contribution in [0.5, 0.6) is 0 Å². The molecule has 1 heterocycles. The van der Waals surface area contributed by atoms with Gasteiger partial charge in [0.05, 0.1) is 11.6 Å². The van der Waals surface area contributed by atoms with Gasteiger partial charge in [-0.2, -0.15) is 5.26 Å². The Morgan fingerprint density at radius 3 is 2.45 bits per heavy atom. The Balaban J connectivity index is 1.58. The number of hydrogen-bond acceptors (Lipinski definition) is 4. The van der Waals surface area contributed by atoms with Gasteiger partial charge in [-0.05, 0) is 64.9 Å². The number of nitrogens with zero attached hydrogens (tertiary/aromatic N) is 3. The molecule has 1 aliphatic heterocycles. The van der Waals surface area contributed by atoms with Gasteiger partial charge in [0, 0.05) is 55.3 Å². The molecular weight excluding hydrogens is 410 g/mol. The highest BCUT2D eigenvalue weighted by molar-refractivity contribution is 6.33. The monoisotopic (exact) mass is 439 g/mol. The zero-order chi connectivity index (χ0) is 23.5. The van der Waals surface area contributed by atoms with E-state index in [0.29, 0.717) is 12.0 Å². The SMILES string of the molecule is CCc1cc2c(cc1N1CCN(C(C)=O)CC1)C(C)(C)C1=C(C2=O)c2ccc(C#N)cc2C1. The summed E-state index contributed by atoms with van der Waals surface area (Å²) in [6, 6.07) is 12.3. The third-order valence-electron chi connectivity index (χ3n) is 7.74. The highest BCUT2D eigenvalue weighted by atomic mass is 16.2. The highest BCUT2D eigenvalue weighted by Gasteiger charge is 2.43. The van der Waals surface area contributed by atoms with Crippen LogP contribution in [0, 0.1) is 11.3 Å². The van der Waals surface area contributed by atoms with Gasteiger partial charge in [0.2, 0.25) is 5.91 Å². The number of piperazine rings is 1. The van der Waals surface area contributed by atoms with Gasteiger partial charge in [-0.25, -0.2) is 0 Å². The molecule has 5 heteroatoms. The second kappa shape index (κ2) is 7.59. The summed E-state index contributed by atoms with van der Waals surface area (Å²) < 4.78 is 0. The Morgan fingerprint density at radius 1 is 1.09 bits per heavy atom. The van der Waals surface area contributed by atoms with Gasteiger partial charge < -0.3 is 9.80 Å². The number of ketones is 1. The van der Waals surface area contributed by atoms with E-state index in [1.165, 1.54) is 11.3 Å². The number of anilines is 1. The molecule has 0 saturated carbocycles. The number of Topliss-reactive ketones (excluding diaryl/α,β-unsaturated/α-hetero) is 1. The first-order valence-corrected chi connectivity index (χ1v) is 11.8. The third-order valence-corrected chi connectivity index (χ3v) is 7.74. The molecule has 5 nitrogen and oxygen atoms in total. The van der Waals surface area contributed by atoms with E-state index in [-0.39, 0.29) is 17.1 Å². The van der Waals surface area contributed by atoms with Gasteiger partial charge in [-0.1, -0.05) is 26.8 Å². The van der Waals surface area contributed by atoms with E-state index in [1.807, 2.05) is 23.1 Å². The molecule has 0 aromatic heterocycles. The highest BCUT2D eigenvalue weighted by Crippen LogP contribution is 2.51. The molecule has 0 N–H and O–H groups in total. The Hall–Kier alpha value is -3.39. The van der Waals surface area contributed by atoms with Crippen LogP contribution in [0.4, 0.5) is 5.69 Å². The predicted octanol–water partition coefficient (Wildman–Crippen LogP) is 4.27. The van der Waals surface area contributed by atoms with Crippen LogP contribution < -0.4 is 4.90 Å². The van der Waals surface area contributed by atoms with Gasteiger partial charge in [0.15, 0.2) is 5.78 Å². The van der Waals surface area contributed by atoms with Crippen molar-refractivity contribution in [2.75, 3.05) is 31.1 Å². The molecule has 0 spiro atoms. The maximum absolute atomic E-state index is 13.8. The van der Waals surface area contributed by atoms with Gasteiger partial charge in [-0.3, -0.25) is 9.59 Å². The number of fused-ring (bicyclic) bond motifs is 3. The average Bonchev–Trinajstić information content (AvgIpc) is 3.22. The van der Waals surface area contributed by atoms with Crippen molar-refractivity contribution in [2.24, 2.45) is 0 Å². The van der Waals surface area contributed by atoms with Gasteiger partial charge in [0.25, 0.3) is 0 Å². The molecule has 1 fully saturated rings. The van der Waals surface area contributed by atoms with Gasteiger partial charge in [-0.15, -0.1) is 0 Å². The topological polar surface area (TPSA) is 64.4 Å². The fourth-order valence-corrected chi connectivity index (χ4v) is 5.76. The third kappa shape index (κ3) is 3.20. The molecule has 0 atom stereocenters. The van der Waals surface area contributed by atoms with Crippen molar-refractivity contribution in [1.82, 2.24) is 4.90 Å². The maximum Gasteiger partial charge on any atom is 0.219 e. The molecule has 1 amide bonds. The van der Waals surface area contributed by atoms with Crippen molar-refractivity contribution in [2.45, 2.75) is 46.0 Å². The smallest absolute Gasteiger partial charge is 0.219 e. The van der Waals surface area contributed by atoms with Crippen LogP contribution in [0.3, 0.4) is 0 Å². The quantitative estimate of drug-likeness (QED) is 0.701. The van der Waals surface area contributed by atoms with Crippen molar-refractivity contribution in [1.29, 1.82) is 5.26 Å². The van der Waals surface area contributed by atoms with Crippen LogP contribution in [0.1, 0.15) is 65.9 Å². The van der Waals surface area contributed by atoms with E-state index >= 15 is 0 Å². The predicted molar refractivity (Wildman–Crippen MR) is 129 cm³/mol. The summed E-state index contributed by atoms with van der Waals surface area (Å²) in [5, 5.41) is 9.33. The number of carbonyl (C=O) groups is 2. The maximum atomic E-state index is 13.8. The van der Waals surface area contributed by atoms with Crippen LogP contribution >= 0.6 is 0 Å². The molecule has 0 radical (unpaired) electrons. The lowest BCUT2D eigenvalue weighted by atomic mass is 9.68.